The number of ether oxygens (including phenoxy) is 6. The maximum Gasteiger partial charge on any atom is 0.335 e. The summed E-state index contributed by atoms with van der Waals surface area (Å²) in [5, 5.41) is 0. The van der Waals surface area contributed by atoms with Crippen LogP contribution in [0.2, 0.25) is 0 Å². The fraction of sp³-hybridized carbons (Fsp3) is 0.636. The Hall–Kier alpha value is -2.72. The molecule has 182 valence electrons. The average Bonchev–Trinajstić information content (AvgIpc) is 2.81. The fourth-order valence-corrected chi connectivity index (χ4v) is 3.12. The summed E-state index contributed by atoms with van der Waals surface area (Å²) in [7, 11) is 5.19. The summed E-state index contributed by atoms with van der Waals surface area (Å²) in [6, 6.07) is 0. The van der Waals surface area contributed by atoms with Gasteiger partial charge in [0.2, 0.25) is 0 Å². The Labute approximate surface area is 188 Å². The van der Waals surface area contributed by atoms with Crippen molar-refractivity contribution in [3.05, 3.63) is 24.3 Å². The van der Waals surface area contributed by atoms with E-state index in [0.717, 1.165) is 0 Å². The summed E-state index contributed by atoms with van der Waals surface area (Å²) in [4.78, 5) is 45.3. The van der Waals surface area contributed by atoms with Gasteiger partial charge in [-0.15, -0.1) is 0 Å². The highest BCUT2D eigenvalue weighted by atomic mass is 16.5. The molecule has 2 unspecified atom stereocenters. The molecule has 0 aromatic carbocycles. The molecule has 10 heteroatoms. The Morgan fingerprint density at radius 3 is 1.66 bits per heavy atom. The van der Waals surface area contributed by atoms with Gasteiger partial charge in [-0.25, -0.2) is 9.59 Å². The zero-order chi connectivity index (χ0) is 24.9. The van der Waals surface area contributed by atoms with Gasteiger partial charge < -0.3 is 28.4 Å². The zero-order valence-electron chi connectivity index (χ0n) is 19.7. The van der Waals surface area contributed by atoms with Crippen LogP contribution in [0.25, 0.3) is 0 Å². The predicted molar refractivity (Wildman–Crippen MR) is 113 cm³/mol. The van der Waals surface area contributed by atoms with Crippen LogP contribution in [0.5, 0.6) is 0 Å². The first-order valence-electron chi connectivity index (χ1n) is 9.81. The molecule has 0 radical (unpaired) electrons. The highest BCUT2D eigenvalue weighted by Crippen LogP contribution is 2.43. The van der Waals surface area contributed by atoms with E-state index in [1.807, 2.05) is 6.92 Å². The van der Waals surface area contributed by atoms with E-state index in [1.165, 1.54) is 28.4 Å². The molecule has 0 aromatic heterocycles. The van der Waals surface area contributed by atoms with E-state index in [1.54, 1.807) is 6.92 Å². The standard InChI is InChI=1S/C12H20O5.C10H14O5/c1-5-12(10(14)16-4)6-11(2,7-17-8-12)9(13)15-3;1-7(9(11)13-3)5-15-6-8(2)10(12)14-4/h5-8H2,1-4H3;1-2,5-6H2,3-4H3. The van der Waals surface area contributed by atoms with Crippen LogP contribution in [0.3, 0.4) is 0 Å². The van der Waals surface area contributed by atoms with Crippen molar-refractivity contribution in [3.8, 4) is 0 Å². The molecule has 0 aromatic rings. The summed E-state index contributed by atoms with van der Waals surface area (Å²) < 4.78 is 28.8. The highest BCUT2D eigenvalue weighted by molar-refractivity contribution is 5.88. The average molecular weight is 459 g/mol. The monoisotopic (exact) mass is 458 g/mol. The second kappa shape index (κ2) is 13.6. The summed E-state index contributed by atoms with van der Waals surface area (Å²) in [5.41, 5.74) is -1.17. The Balaban J connectivity index is 0.000000607. The number of methoxy groups -OCH3 is 4. The lowest BCUT2D eigenvalue weighted by atomic mass is 9.69. The van der Waals surface area contributed by atoms with Crippen molar-refractivity contribution in [1.29, 1.82) is 0 Å². The molecule has 1 aliphatic rings. The van der Waals surface area contributed by atoms with Gasteiger partial charge in [0.05, 0.1) is 76.8 Å². The third kappa shape index (κ3) is 8.08. The van der Waals surface area contributed by atoms with Crippen LogP contribution >= 0.6 is 0 Å². The maximum absolute atomic E-state index is 11.9. The lowest BCUT2D eigenvalue weighted by Crippen LogP contribution is -2.50. The van der Waals surface area contributed by atoms with E-state index in [2.05, 4.69) is 22.6 Å². The van der Waals surface area contributed by atoms with Crippen molar-refractivity contribution in [2.45, 2.75) is 26.7 Å². The van der Waals surface area contributed by atoms with Gasteiger partial charge in [-0.3, -0.25) is 9.59 Å². The van der Waals surface area contributed by atoms with Gasteiger partial charge in [0.15, 0.2) is 0 Å². The zero-order valence-corrected chi connectivity index (χ0v) is 19.7. The van der Waals surface area contributed by atoms with Crippen molar-refractivity contribution in [2.24, 2.45) is 10.8 Å². The third-order valence-corrected chi connectivity index (χ3v) is 5.00. The quantitative estimate of drug-likeness (QED) is 0.286. The first-order chi connectivity index (χ1) is 15.0. The molecular formula is C22H34O10. The van der Waals surface area contributed by atoms with Crippen molar-refractivity contribution in [3.63, 3.8) is 0 Å². The van der Waals surface area contributed by atoms with Gasteiger partial charge in [0.25, 0.3) is 0 Å². The van der Waals surface area contributed by atoms with E-state index >= 15 is 0 Å². The lowest BCUT2D eigenvalue weighted by Gasteiger charge is -2.42. The molecule has 32 heavy (non-hydrogen) atoms. The van der Waals surface area contributed by atoms with E-state index in [0.29, 0.717) is 19.4 Å². The first-order valence-corrected chi connectivity index (χ1v) is 9.81. The van der Waals surface area contributed by atoms with Crippen LogP contribution in [0, 0.1) is 10.8 Å². The minimum Gasteiger partial charge on any atom is -0.469 e. The van der Waals surface area contributed by atoms with Crippen molar-refractivity contribution in [1.82, 2.24) is 0 Å². The molecule has 1 fully saturated rings. The van der Waals surface area contributed by atoms with Gasteiger partial charge in [-0.05, 0) is 19.8 Å². The minimum absolute atomic E-state index is 0.0112. The van der Waals surface area contributed by atoms with E-state index in [4.69, 9.17) is 18.9 Å². The largest absolute Gasteiger partial charge is 0.469 e. The number of hydrogen-bond donors (Lipinski definition) is 0. The van der Waals surface area contributed by atoms with Crippen LogP contribution in [-0.2, 0) is 47.6 Å². The maximum atomic E-state index is 11.9. The summed E-state index contributed by atoms with van der Waals surface area (Å²) in [6.45, 7) is 11.1. The third-order valence-electron chi connectivity index (χ3n) is 5.00. The van der Waals surface area contributed by atoms with Crippen LogP contribution in [-0.4, -0.2) is 78.7 Å². The van der Waals surface area contributed by atoms with E-state index in [-0.39, 0.29) is 42.9 Å². The van der Waals surface area contributed by atoms with E-state index in [9.17, 15) is 19.2 Å². The molecule has 0 spiro atoms. The Morgan fingerprint density at radius 1 is 0.812 bits per heavy atom. The Morgan fingerprint density at radius 2 is 1.28 bits per heavy atom. The summed E-state index contributed by atoms with van der Waals surface area (Å²) in [5.74, 6) is -1.76. The van der Waals surface area contributed by atoms with Crippen molar-refractivity contribution >= 4 is 23.9 Å². The molecule has 0 aliphatic carbocycles. The highest BCUT2D eigenvalue weighted by Gasteiger charge is 2.51. The van der Waals surface area contributed by atoms with Crippen LogP contribution in [0.4, 0.5) is 0 Å². The fourth-order valence-electron chi connectivity index (χ4n) is 3.12. The number of hydrogen-bond acceptors (Lipinski definition) is 10. The number of carbonyl (C=O) groups is 4. The smallest absolute Gasteiger partial charge is 0.335 e. The lowest BCUT2D eigenvalue weighted by molar-refractivity contribution is -0.181. The molecule has 1 saturated heterocycles. The topological polar surface area (TPSA) is 124 Å². The van der Waals surface area contributed by atoms with Crippen LogP contribution in [0.1, 0.15) is 26.7 Å². The van der Waals surface area contributed by atoms with Crippen molar-refractivity contribution < 1.29 is 47.6 Å². The SMILES string of the molecule is C=C(COCC(=C)C(=O)OC)C(=O)OC.CCC1(C(=O)OC)COCC(C)(C(=O)OC)C1. The number of carbonyl (C=O) groups excluding carboxylic acids is 4. The molecule has 1 rings (SSSR count). The van der Waals surface area contributed by atoms with Crippen molar-refractivity contribution in [2.75, 3.05) is 54.9 Å². The van der Waals surface area contributed by atoms with Gasteiger partial charge in [-0.1, -0.05) is 20.1 Å². The Bertz CT molecular complexity index is 686. The van der Waals surface area contributed by atoms with Gasteiger partial charge in [-0.2, -0.15) is 0 Å². The molecule has 1 heterocycles. The summed E-state index contributed by atoms with van der Waals surface area (Å²) in [6.07, 6.45) is 0.974. The number of esters is 4. The first kappa shape index (κ1) is 29.3. The second-order valence-corrected chi connectivity index (χ2v) is 7.53. The second-order valence-electron chi connectivity index (χ2n) is 7.53. The van der Waals surface area contributed by atoms with E-state index < -0.39 is 22.8 Å². The molecule has 0 amide bonds. The molecule has 10 nitrogen and oxygen atoms in total. The number of rotatable bonds is 9. The van der Waals surface area contributed by atoms with Crippen LogP contribution in [0.15, 0.2) is 24.3 Å². The minimum atomic E-state index is -0.781. The molecule has 0 N–H and O–H groups in total. The molecule has 0 saturated carbocycles. The normalized spacial score (nSPS) is 21.8. The summed E-state index contributed by atoms with van der Waals surface area (Å²) >= 11 is 0. The van der Waals surface area contributed by atoms with Crippen LogP contribution < -0.4 is 0 Å². The Kier molecular flexibility index (Phi) is 12.5. The molecule has 2 atom stereocenters. The van der Waals surface area contributed by atoms with Gasteiger partial charge >= 0.3 is 23.9 Å². The van der Waals surface area contributed by atoms with Gasteiger partial charge in [0.1, 0.15) is 0 Å². The molecular weight excluding hydrogens is 424 g/mol. The molecule has 0 bridgehead atoms. The predicted octanol–water partition coefficient (Wildman–Crippen LogP) is 1.62. The van der Waals surface area contributed by atoms with Gasteiger partial charge in [0, 0.05) is 0 Å². The molecule has 1 aliphatic heterocycles.